The first-order valence-corrected chi connectivity index (χ1v) is 11.5. The molecule has 0 radical (unpaired) electrons. The Morgan fingerprint density at radius 2 is 1.17 bits per heavy atom. The normalized spacial score (nSPS) is 13.4. The van der Waals surface area contributed by atoms with Crippen LogP contribution in [0.4, 0.5) is 0 Å². The second kappa shape index (κ2) is 13.4. The molecule has 0 aliphatic rings. The molecule has 0 aliphatic carbocycles. The third kappa shape index (κ3) is 7.72. The fourth-order valence-electron chi connectivity index (χ4n) is 3.05. The lowest BCUT2D eigenvalue weighted by Gasteiger charge is -2.28. The van der Waals surface area contributed by atoms with Gasteiger partial charge >= 0.3 is 17.9 Å². The van der Waals surface area contributed by atoms with E-state index in [1.807, 2.05) is 0 Å². The third-order valence-electron chi connectivity index (χ3n) is 4.81. The third-order valence-corrected chi connectivity index (χ3v) is 5.13. The Labute approximate surface area is 216 Å². The maximum atomic E-state index is 12.8. The Kier molecular flexibility index (Phi) is 9.93. The highest BCUT2D eigenvalue weighted by molar-refractivity contribution is 14.1. The van der Waals surface area contributed by atoms with E-state index in [1.165, 1.54) is 6.21 Å². The van der Waals surface area contributed by atoms with Crippen LogP contribution < -0.4 is 0 Å². The number of benzene rings is 3. The van der Waals surface area contributed by atoms with E-state index in [9.17, 15) is 19.5 Å². The molecule has 35 heavy (non-hydrogen) atoms. The van der Waals surface area contributed by atoms with Crippen molar-refractivity contribution in [3.63, 3.8) is 0 Å². The number of hydrogen-bond acceptors (Lipinski definition) is 8. The Morgan fingerprint density at radius 3 is 1.63 bits per heavy atom. The number of halogens is 1. The smallest absolute Gasteiger partial charge is 0.338 e. The van der Waals surface area contributed by atoms with Crippen LogP contribution in [0.3, 0.4) is 0 Å². The van der Waals surface area contributed by atoms with E-state index < -0.39 is 42.8 Å². The van der Waals surface area contributed by atoms with Crippen molar-refractivity contribution in [2.45, 2.75) is 18.3 Å². The minimum Gasteiger partial charge on any atom is -0.459 e. The predicted molar refractivity (Wildman–Crippen MR) is 137 cm³/mol. The topological polar surface area (TPSA) is 111 Å². The van der Waals surface area contributed by atoms with Crippen molar-refractivity contribution in [3.8, 4) is 0 Å². The molecule has 0 spiro atoms. The first-order chi connectivity index (χ1) is 17.0. The minimum atomic E-state index is -1.53. The Morgan fingerprint density at radius 1 is 0.743 bits per heavy atom. The van der Waals surface area contributed by atoms with Crippen molar-refractivity contribution < 1.29 is 33.7 Å². The number of nitrogens with zero attached hydrogens (tertiary/aromatic N) is 1. The summed E-state index contributed by atoms with van der Waals surface area (Å²) in [5.74, 6) is -2.13. The molecule has 0 amide bonds. The molecule has 3 atom stereocenters. The van der Waals surface area contributed by atoms with Gasteiger partial charge in [-0.1, -0.05) is 54.6 Å². The summed E-state index contributed by atoms with van der Waals surface area (Å²) in [6.07, 6.45) is -2.99. The van der Waals surface area contributed by atoms with E-state index in [1.54, 1.807) is 114 Å². The molecule has 0 aliphatic heterocycles. The van der Waals surface area contributed by atoms with Gasteiger partial charge in [-0.05, 0) is 36.4 Å². The predicted octanol–water partition coefficient (Wildman–Crippen LogP) is 4.08. The zero-order valence-corrected chi connectivity index (χ0v) is 20.6. The maximum absolute atomic E-state index is 12.8. The molecule has 1 N–H and O–H groups in total. The molecule has 0 bridgehead atoms. The minimum absolute atomic E-state index is 0.227. The van der Waals surface area contributed by atoms with Gasteiger partial charge in [0, 0.05) is 0 Å². The monoisotopic (exact) mass is 587 g/mol. The van der Waals surface area contributed by atoms with Crippen LogP contribution >= 0.6 is 22.9 Å². The molecule has 9 heteroatoms. The van der Waals surface area contributed by atoms with Crippen molar-refractivity contribution in [3.05, 3.63) is 108 Å². The molecule has 0 fully saturated rings. The van der Waals surface area contributed by atoms with Crippen LogP contribution in [0, 0.1) is 0 Å². The van der Waals surface area contributed by atoms with E-state index in [0.717, 1.165) is 0 Å². The molecule has 0 saturated carbocycles. The first kappa shape index (κ1) is 26.0. The SMILES string of the molecule is O=C(OC[C@H](O)[C@@H](OC(=O)c1ccccc1)[C@H](C=NI)OC(=O)c1ccccc1)c1ccccc1. The molecule has 8 nitrogen and oxygen atoms in total. The van der Waals surface area contributed by atoms with Gasteiger partial charge in [0.25, 0.3) is 0 Å². The summed E-state index contributed by atoms with van der Waals surface area (Å²) in [7, 11) is 0. The van der Waals surface area contributed by atoms with Crippen molar-refractivity contribution >= 4 is 47.0 Å². The summed E-state index contributed by atoms with van der Waals surface area (Å²) < 4.78 is 20.1. The van der Waals surface area contributed by atoms with Gasteiger partial charge in [0.15, 0.2) is 12.2 Å². The van der Waals surface area contributed by atoms with Crippen molar-refractivity contribution in [1.82, 2.24) is 0 Å². The van der Waals surface area contributed by atoms with Gasteiger partial charge in [-0.25, -0.2) is 17.6 Å². The van der Waals surface area contributed by atoms with E-state index in [0.29, 0.717) is 5.56 Å². The summed E-state index contributed by atoms with van der Waals surface area (Å²) in [6, 6.07) is 24.6. The number of ether oxygens (including phenoxy) is 3. The summed E-state index contributed by atoms with van der Waals surface area (Å²) >= 11 is 1.68. The molecule has 0 heterocycles. The molecule has 180 valence electrons. The highest BCUT2D eigenvalue weighted by Gasteiger charge is 2.35. The molecule has 3 rings (SSSR count). The van der Waals surface area contributed by atoms with E-state index in [4.69, 9.17) is 14.2 Å². The number of aliphatic hydroxyl groups is 1. The number of rotatable bonds is 10. The lowest BCUT2D eigenvalue weighted by Crippen LogP contribution is -2.46. The highest BCUT2D eigenvalue weighted by Crippen LogP contribution is 2.16. The summed E-state index contributed by atoms with van der Waals surface area (Å²) in [6.45, 7) is -0.519. The van der Waals surface area contributed by atoms with E-state index in [2.05, 4.69) is 3.21 Å². The van der Waals surface area contributed by atoms with Crippen molar-refractivity contribution in [2.75, 3.05) is 6.61 Å². The maximum Gasteiger partial charge on any atom is 0.338 e. The molecule has 0 aromatic heterocycles. The largest absolute Gasteiger partial charge is 0.459 e. The van der Waals surface area contributed by atoms with Gasteiger partial charge in [0.1, 0.15) is 12.7 Å². The van der Waals surface area contributed by atoms with Gasteiger partial charge in [0.2, 0.25) is 0 Å². The van der Waals surface area contributed by atoms with Gasteiger partial charge in [0.05, 0.1) is 45.8 Å². The second-order valence-electron chi connectivity index (χ2n) is 7.25. The van der Waals surface area contributed by atoms with Crippen molar-refractivity contribution in [1.29, 1.82) is 0 Å². The van der Waals surface area contributed by atoms with Gasteiger partial charge in [-0.2, -0.15) is 0 Å². The Hall–Kier alpha value is -3.57. The molecule has 0 saturated heterocycles. The number of esters is 3. The van der Waals surface area contributed by atoms with Crippen LogP contribution in [-0.2, 0) is 14.2 Å². The summed E-state index contributed by atoms with van der Waals surface area (Å²) in [4.78, 5) is 37.7. The fourth-order valence-corrected chi connectivity index (χ4v) is 3.36. The molecular formula is C26H22INO7. The van der Waals surface area contributed by atoms with Crippen LogP contribution in [-0.4, -0.2) is 54.1 Å². The second-order valence-corrected chi connectivity index (χ2v) is 7.81. The molecule has 3 aromatic carbocycles. The van der Waals surface area contributed by atoms with Crippen LogP contribution in [0.5, 0.6) is 0 Å². The standard InChI is InChI=1S/C26H22INO7/c27-28-16-22(34-25(31)19-12-6-2-7-13-19)23(35-26(32)20-14-8-3-9-15-20)21(29)17-33-24(30)18-10-4-1-5-11-18/h1-16,21-23,29H,17H2/t21-,22-,23+/m0/s1. The quantitative estimate of drug-likeness (QED) is 0.165. The number of aliphatic hydroxyl groups excluding tert-OH is 1. The first-order valence-electron chi connectivity index (χ1n) is 10.6. The zero-order valence-electron chi connectivity index (χ0n) is 18.4. The number of carbonyl (C=O) groups is 3. The average molecular weight is 587 g/mol. The van der Waals surface area contributed by atoms with Crippen LogP contribution in [0.15, 0.2) is 94.2 Å². The summed E-state index contributed by atoms with van der Waals surface area (Å²) in [5.41, 5.74) is 0.779. The van der Waals surface area contributed by atoms with E-state index in [-0.39, 0.29) is 11.1 Å². The average Bonchev–Trinajstić information content (AvgIpc) is 2.91. The molecule has 0 unspecified atom stereocenters. The highest BCUT2D eigenvalue weighted by atomic mass is 127. The van der Waals surface area contributed by atoms with E-state index >= 15 is 0 Å². The van der Waals surface area contributed by atoms with Gasteiger partial charge in [-0.15, -0.1) is 0 Å². The molecule has 3 aromatic rings. The fraction of sp³-hybridized carbons (Fsp3) is 0.154. The van der Waals surface area contributed by atoms with Crippen LogP contribution in [0.2, 0.25) is 0 Å². The lowest BCUT2D eigenvalue weighted by molar-refractivity contribution is -0.0779. The Bertz CT molecular complexity index is 1140. The Balaban J connectivity index is 1.80. The van der Waals surface area contributed by atoms with Crippen molar-refractivity contribution in [2.24, 2.45) is 3.21 Å². The number of carbonyl (C=O) groups excluding carboxylic acids is 3. The zero-order chi connectivity index (χ0) is 25.0. The number of hydrogen-bond donors (Lipinski definition) is 1. The van der Waals surface area contributed by atoms with Crippen LogP contribution in [0.25, 0.3) is 0 Å². The van der Waals surface area contributed by atoms with Gasteiger partial charge < -0.3 is 19.3 Å². The lowest BCUT2D eigenvalue weighted by atomic mass is 10.1. The van der Waals surface area contributed by atoms with Crippen LogP contribution in [0.1, 0.15) is 31.1 Å². The summed E-state index contributed by atoms with van der Waals surface area (Å²) in [5, 5.41) is 10.9. The molecular weight excluding hydrogens is 565 g/mol. The van der Waals surface area contributed by atoms with Gasteiger partial charge in [-0.3, -0.25) is 0 Å².